The van der Waals surface area contributed by atoms with Gasteiger partial charge in [-0.05, 0) is 44.0 Å². The quantitative estimate of drug-likeness (QED) is 0.454. The normalized spacial score (nSPS) is 11.0. The van der Waals surface area contributed by atoms with Crippen LogP contribution in [-0.4, -0.2) is 25.7 Å². The smallest absolute Gasteiger partial charge is 0.262 e. The van der Waals surface area contributed by atoms with E-state index in [2.05, 4.69) is 12.2 Å². The zero-order chi connectivity index (χ0) is 17.2. The van der Waals surface area contributed by atoms with Gasteiger partial charge in [-0.25, -0.2) is 0 Å². The highest BCUT2D eigenvalue weighted by atomic mass is 16.5. The Labute approximate surface area is 137 Å². The number of rotatable bonds is 8. The first-order chi connectivity index (χ1) is 11.0. The Morgan fingerprint density at radius 3 is 2.70 bits per heavy atom. The second-order valence-corrected chi connectivity index (χ2v) is 5.41. The van der Waals surface area contributed by atoms with Crippen LogP contribution in [-0.2, 0) is 4.79 Å². The molecule has 1 rings (SSSR count). The molecule has 1 aromatic carbocycles. The molecule has 0 heterocycles. The molecule has 0 atom stereocenters. The van der Waals surface area contributed by atoms with Crippen LogP contribution in [0.5, 0.6) is 11.5 Å². The summed E-state index contributed by atoms with van der Waals surface area (Å²) in [6.07, 6.45) is 3.53. The standard InChI is InChI=1S/C18H24N2O3/c1-5-6-9-23-17-11-14(7-8-16(17)22-4)10-15(12-19)18(21)20-13(2)3/h7-8,10-11,13H,5-6,9H2,1-4H3,(H,20,21)/b15-10+. The second-order valence-electron chi connectivity index (χ2n) is 5.41. The number of nitrogens with one attached hydrogen (secondary N) is 1. The highest BCUT2D eigenvalue weighted by Crippen LogP contribution is 2.29. The Kier molecular flexibility index (Phi) is 7.69. The third-order valence-corrected chi connectivity index (χ3v) is 3.04. The molecule has 0 unspecified atom stereocenters. The van der Waals surface area contributed by atoms with Gasteiger partial charge >= 0.3 is 0 Å². The molecule has 1 amide bonds. The predicted molar refractivity (Wildman–Crippen MR) is 90.3 cm³/mol. The van der Waals surface area contributed by atoms with Gasteiger partial charge < -0.3 is 14.8 Å². The van der Waals surface area contributed by atoms with Crippen LogP contribution in [0.25, 0.3) is 6.08 Å². The van der Waals surface area contributed by atoms with E-state index in [4.69, 9.17) is 9.47 Å². The fourth-order valence-electron chi connectivity index (χ4n) is 1.88. The molecule has 5 nitrogen and oxygen atoms in total. The Balaban J connectivity index is 3.02. The lowest BCUT2D eigenvalue weighted by Gasteiger charge is -2.11. The summed E-state index contributed by atoms with van der Waals surface area (Å²) in [5.74, 6) is 0.853. The van der Waals surface area contributed by atoms with Crippen LogP contribution in [0.2, 0.25) is 0 Å². The molecular formula is C18H24N2O3. The maximum atomic E-state index is 12.0. The van der Waals surface area contributed by atoms with Crippen molar-refractivity contribution in [2.75, 3.05) is 13.7 Å². The van der Waals surface area contributed by atoms with Crippen molar-refractivity contribution in [1.82, 2.24) is 5.32 Å². The average Bonchev–Trinajstić information content (AvgIpc) is 2.52. The minimum absolute atomic E-state index is 0.0249. The van der Waals surface area contributed by atoms with Crippen LogP contribution < -0.4 is 14.8 Å². The minimum atomic E-state index is -0.383. The van der Waals surface area contributed by atoms with E-state index in [0.717, 1.165) is 12.8 Å². The molecule has 0 aliphatic carbocycles. The summed E-state index contributed by atoms with van der Waals surface area (Å²) >= 11 is 0. The van der Waals surface area contributed by atoms with E-state index < -0.39 is 0 Å². The largest absolute Gasteiger partial charge is 0.493 e. The van der Waals surface area contributed by atoms with Gasteiger partial charge in [0.2, 0.25) is 0 Å². The number of carbonyl (C=O) groups is 1. The second kappa shape index (κ2) is 9.52. The highest BCUT2D eigenvalue weighted by molar-refractivity contribution is 6.01. The van der Waals surface area contributed by atoms with Crippen molar-refractivity contribution in [3.05, 3.63) is 29.3 Å². The summed E-state index contributed by atoms with van der Waals surface area (Å²) in [4.78, 5) is 12.0. The lowest BCUT2D eigenvalue weighted by atomic mass is 10.1. The number of unbranched alkanes of at least 4 members (excludes halogenated alkanes) is 1. The Bertz CT molecular complexity index is 601. The van der Waals surface area contributed by atoms with Gasteiger partial charge in [0.1, 0.15) is 11.6 Å². The zero-order valence-electron chi connectivity index (χ0n) is 14.2. The predicted octanol–water partition coefficient (Wildman–Crippen LogP) is 3.31. The maximum absolute atomic E-state index is 12.0. The Morgan fingerprint density at radius 1 is 1.39 bits per heavy atom. The lowest BCUT2D eigenvalue weighted by Crippen LogP contribution is -2.30. The number of hydrogen-bond acceptors (Lipinski definition) is 4. The van der Waals surface area contributed by atoms with Gasteiger partial charge in [-0.1, -0.05) is 19.4 Å². The van der Waals surface area contributed by atoms with Gasteiger partial charge in [0.15, 0.2) is 11.5 Å². The van der Waals surface area contributed by atoms with Crippen LogP contribution in [0.1, 0.15) is 39.2 Å². The molecule has 0 radical (unpaired) electrons. The van der Waals surface area contributed by atoms with Crippen LogP contribution in [0.4, 0.5) is 0 Å². The van der Waals surface area contributed by atoms with E-state index in [1.54, 1.807) is 31.4 Å². The zero-order valence-corrected chi connectivity index (χ0v) is 14.2. The van der Waals surface area contributed by atoms with Gasteiger partial charge in [-0.3, -0.25) is 4.79 Å². The summed E-state index contributed by atoms with van der Waals surface area (Å²) in [6.45, 7) is 6.38. The first-order valence-corrected chi connectivity index (χ1v) is 7.75. The van der Waals surface area contributed by atoms with Crippen LogP contribution in [0.3, 0.4) is 0 Å². The average molecular weight is 316 g/mol. The fraction of sp³-hybridized carbons (Fsp3) is 0.444. The minimum Gasteiger partial charge on any atom is -0.493 e. The number of benzene rings is 1. The van der Waals surface area contributed by atoms with Crippen molar-refractivity contribution in [1.29, 1.82) is 5.26 Å². The van der Waals surface area contributed by atoms with Crippen molar-refractivity contribution in [3.8, 4) is 17.6 Å². The molecule has 0 aliphatic heterocycles. The molecule has 1 N–H and O–H groups in total. The molecule has 5 heteroatoms. The van der Waals surface area contributed by atoms with Crippen LogP contribution in [0.15, 0.2) is 23.8 Å². The number of ether oxygens (including phenoxy) is 2. The number of amides is 1. The number of nitrogens with zero attached hydrogens (tertiary/aromatic N) is 1. The van der Waals surface area contributed by atoms with E-state index in [1.165, 1.54) is 0 Å². The number of carbonyl (C=O) groups excluding carboxylic acids is 1. The van der Waals surface area contributed by atoms with Crippen molar-refractivity contribution >= 4 is 12.0 Å². The SMILES string of the molecule is CCCCOc1cc(/C=C(\C#N)C(=O)NC(C)C)ccc1OC. The molecule has 0 aliphatic rings. The summed E-state index contributed by atoms with van der Waals surface area (Å²) in [7, 11) is 1.58. The first-order valence-electron chi connectivity index (χ1n) is 7.75. The molecule has 0 bridgehead atoms. The van der Waals surface area contributed by atoms with Crippen molar-refractivity contribution in [2.45, 2.75) is 39.7 Å². The molecular weight excluding hydrogens is 292 g/mol. The molecule has 0 aromatic heterocycles. The molecule has 0 saturated heterocycles. The van der Waals surface area contributed by atoms with Gasteiger partial charge in [0.05, 0.1) is 13.7 Å². The lowest BCUT2D eigenvalue weighted by molar-refractivity contribution is -0.117. The van der Waals surface area contributed by atoms with Crippen LogP contribution >= 0.6 is 0 Å². The van der Waals surface area contributed by atoms with E-state index in [1.807, 2.05) is 19.9 Å². The van der Waals surface area contributed by atoms with E-state index >= 15 is 0 Å². The molecule has 0 fully saturated rings. The van der Waals surface area contributed by atoms with Gasteiger partial charge in [-0.15, -0.1) is 0 Å². The van der Waals surface area contributed by atoms with Gasteiger partial charge in [0, 0.05) is 6.04 Å². The van der Waals surface area contributed by atoms with Gasteiger partial charge in [0.25, 0.3) is 5.91 Å². The highest BCUT2D eigenvalue weighted by Gasteiger charge is 2.11. The number of hydrogen-bond donors (Lipinski definition) is 1. The van der Waals surface area contributed by atoms with E-state index in [0.29, 0.717) is 23.7 Å². The topological polar surface area (TPSA) is 71.3 Å². The number of nitriles is 1. The van der Waals surface area contributed by atoms with Crippen molar-refractivity contribution < 1.29 is 14.3 Å². The number of methoxy groups -OCH3 is 1. The van der Waals surface area contributed by atoms with E-state index in [9.17, 15) is 10.1 Å². The fourth-order valence-corrected chi connectivity index (χ4v) is 1.88. The molecule has 0 spiro atoms. The molecule has 0 saturated carbocycles. The van der Waals surface area contributed by atoms with Crippen LogP contribution in [0, 0.1) is 11.3 Å². The summed E-state index contributed by atoms with van der Waals surface area (Å²) < 4.78 is 11.0. The van der Waals surface area contributed by atoms with Crippen molar-refractivity contribution in [3.63, 3.8) is 0 Å². The van der Waals surface area contributed by atoms with E-state index in [-0.39, 0.29) is 17.5 Å². The Morgan fingerprint density at radius 2 is 2.13 bits per heavy atom. The van der Waals surface area contributed by atoms with Gasteiger partial charge in [-0.2, -0.15) is 5.26 Å². The first kappa shape index (κ1) is 18.6. The summed E-state index contributed by atoms with van der Waals surface area (Å²) in [5, 5.41) is 11.9. The maximum Gasteiger partial charge on any atom is 0.262 e. The Hall–Kier alpha value is -2.48. The molecule has 1 aromatic rings. The van der Waals surface area contributed by atoms with Crippen molar-refractivity contribution in [2.24, 2.45) is 0 Å². The third-order valence-electron chi connectivity index (χ3n) is 3.04. The monoisotopic (exact) mass is 316 g/mol. The summed E-state index contributed by atoms with van der Waals surface area (Å²) in [6, 6.07) is 7.23. The summed E-state index contributed by atoms with van der Waals surface area (Å²) in [5.41, 5.74) is 0.774. The molecule has 23 heavy (non-hydrogen) atoms. The third kappa shape index (κ3) is 6.03. The molecule has 124 valence electrons.